The van der Waals surface area contributed by atoms with Crippen LogP contribution < -0.4 is 11.1 Å². The summed E-state index contributed by atoms with van der Waals surface area (Å²) in [6.45, 7) is 2.21. The first kappa shape index (κ1) is 13.4. The van der Waals surface area contributed by atoms with Gasteiger partial charge in [0.25, 0.3) is 5.91 Å². The van der Waals surface area contributed by atoms with Gasteiger partial charge in [-0.3, -0.25) is 4.79 Å². The van der Waals surface area contributed by atoms with E-state index >= 15 is 0 Å². The van der Waals surface area contributed by atoms with Gasteiger partial charge < -0.3 is 11.1 Å². The highest BCUT2D eigenvalue weighted by Crippen LogP contribution is 2.25. The van der Waals surface area contributed by atoms with Crippen LogP contribution in [0, 0.1) is 5.92 Å². The van der Waals surface area contributed by atoms with Gasteiger partial charge in [0.15, 0.2) is 0 Å². The number of nitrogen functional groups attached to an aromatic ring is 1. The smallest absolute Gasteiger partial charge is 0.251 e. The quantitative estimate of drug-likeness (QED) is 0.823. The van der Waals surface area contributed by atoms with Crippen molar-refractivity contribution in [3.05, 3.63) is 28.2 Å². The number of carbonyl (C=O) groups is 1. The summed E-state index contributed by atoms with van der Waals surface area (Å²) in [5.74, 6) is 0.545. The highest BCUT2D eigenvalue weighted by Gasteiger charge is 2.23. The van der Waals surface area contributed by atoms with E-state index < -0.39 is 0 Å². The number of benzene rings is 1. The van der Waals surface area contributed by atoms with Crippen LogP contribution in [0.3, 0.4) is 0 Å². The fraction of sp³-hybridized carbons (Fsp3) is 0.500. The van der Waals surface area contributed by atoms with Crippen LogP contribution >= 0.6 is 15.9 Å². The molecule has 0 heterocycles. The van der Waals surface area contributed by atoms with Gasteiger partial charge >= 0.3 is 0 Å². The minimum absolute atomic E-state index is 0.0204. The molecule has 1 saturated carbocycles. The average molecular weight is 311 g/mol. The van der Waals surface area contributed by atoms with Crippen LogP contribution in [0.25, 0.3) is 0 Å². The van der Waals surface area contributed by atoms with Crippen LogP contribution in [0.4, 0.5) is 5.69 Å². The Kier molecular flexibility index (Phi) is 4.27. The van der Waals surface area contributed by atoms with Crippen LogP contribution in [0.15, 0.2) is 22.7 Å². The standard InChI is InChI=1S/C14H19BrN2O/c1-9-4-2-3-5-13(9)17-14(18)10-6-7-11(15)12(16)8-10/h6-9,13H,2-5,16H2,1H3,(H,17,18)/t9-,13-/m0/s1. The van der Waals surface area contributed by atoms with E-state index in [4.69, 9.17) is 5.73 Å². The maximum absolute atomic E-state index is 12.1. The summed E-state index contributed by atoms with van der Waals surface area (Å²) in [5, 5.41) is 3.12. The lowest BCUT2D eigenvalue weighted by molar-refractivity contribution is 0.0910. The molecule has 0 spiro atoms. The van der Waals surface area contributed by atoms with Crippen LogP contribution in [0.2, 0.25) is 0 Å². The number of halogens is 1. The molecule has 1 aliphatic carbocycles. The topological polar surface area (TPSA) is 55.1 Å². The van der Waals surface area contributed by atoms with Gasteiger partial charge in [0.2, 0.25) is 0 Å². The van der Waals surface area contributed by atoms with E-state index in [-0.39, 0.29) is 5.91 Å². The first-order valence-electron chi connectivity index (χ1n) is 6.44. The van der Waals surface area contributed by atoms with Crippen molar-refractivity contribution in [2.45, 2.75) is 38.6 Å². The summed E-state index contributed by atoms with van der Waals surface area (Å²) in [5.41, 5.74) is 7.02. The van der Waals surface area contributed by atoms with Crippen molar-refractivity contribution in [1.82, 2.24) is 5.32 Å². The number of carbonyl (C=O) groups excluding carboxylic acids is 1. The summed E-state index contributed by atoms with van der Waals surface area (Å²) < 4.78 is 0.824. The predicted molar refractivity (Wildman–Crippen MR) is 77.4 cm³/mol. The SMILES string of the molecule is C[C@H]1CCCC[C@@H]1NC(=O)c1ccc(Br)c(N)c1. The molecule has 0 radical (unpaired) electrons. The zero-order chi connectivity index (χ0) is 13.1. The van der Waals surface area contributed by atoms with Crippen molar-refractivity contribution in [2.24, 2.45) is 5.92 Å². The molecule has 1 amide bonds. The molecule has 0 unspecified atom stereocenters. The number of rotatable bonds is 2. The summed E-state index contributed by atoms with van der Waals surface area (Å²) >= 11 is 3.33. The Balaban J connectivity index is 2.04. The number of amides is 1. The van der Waals surface area contributed by atoms with Gasteiger partial charge in [0.05, 0.1) is 0 Å². The zero-order valence-electron chi connectivity index (χ0n) is 10.6. The first-order valence-corrected chi connectivity index (χ1v) is 7.23. The maximum Gasteiger partial charge on any atom is 0.251 e. The van der Waals surface area contributed by atoms with Crippen molar-refractivity contribution in [3.8, 4) is 0 Å². The Morgan fingerprint density at radius 1 is 1.39 bits per heavy atom. The summed E-state index contributed by atoms with van der Waals surface area (Å²) in [7, 11) is 0. The molecule has 18 heavy (non-hydrogen) atoms. The van der Waals surface area contributed by atoms with Crippen molar-refractivity contribution in [1.29, 1.82) is 0 Å². The molecule has 0 aromatic heterocycles. The van der Waals surface area contributed by atoms with Gasteiger partial charge in [-0.2, -0.15) is 0 Å². The van der Waals surface area contributed by atoms with E-state index in [0.29, 0.717) is 23.2 Å². The molecule has 1 aromatic carbocycles. The molecule has 1 fully saturated rings. The molecule has 0 saturated heterocycles. The van der Waals surface area contributed by atoms with Crippen molar-refractivity contribution >= 4 is 27.5 Å². The van der Waals surface area contributed by atoms with Crippen LogP contribution in [-0.4, -0.2) is 11.9 Å². The second-order valence-corrected chi connectivity index (χ2v) is 5.93. The molecular weight excluding hydrogens is 292 g/mol. The Bertz CT molecular complexity index is 447. The monoisotopic (exact) mass is 310 g/mol. The Labute approximate surface area is 116 Å². The molecule has 1 aliphatic rings. The third-order valence-electron chi connectivity index (χ3n) is 3.69. The minimum Gasteiger partial charge on any atom is -0.398 e. The molecule has 0 bridgehead atoms. The second-order valence-electron chi connectivity index (χ2n) is 5.08. The zero-order valence-corrected chi connectivity index (χ0v) is 12.2. The molecule has 0 aliphatic heterocycles. The molecule has 2 rings (SSSR count). The molecule has 3 N–H and O–H groups in total. The fourth-order valence-electron chi connectivity index (χ4n) is 2.47. The van der Waals surface area contributed by atoms with Gasteiger partial charge in [0, 0.05) is 21.8 Å². The average Bonchev–Trinajstić information content (AvgIpc) is 2.35. The second kappa shape index (κ2) is 5.74. The highest BCUT2D eigenvalue weighted by atomic mass is 79.9. The molecule has 1 aromatic rings. The van der Waals surface area contributed by atoms with Gasteiger partial charge in [-0.05, 0) is 52.9 Å². The predicted octanol–water partition coefficient (Wildman–Crippen LogP) is 3.34. The number of hydrogen-bond acceptors (Lipinski definition) is 2. The maximum atomic E-state index is 12.1. The summed E-state index contributed by atoms with van der Waals surface area (Å²) in [6.07, 6.45) is 4.77. The lowest BCUT2D eigenvalue weighted by atomic mass is 9.86. The van der Waals surface area contributed by atoms with Crippen molar-refractivity contribution in [2.75, 3.05) is 5.73 Å². The van der Waals surface area contributed by atoms with Gasteiger partial charge in [-0.25, -0.2) is 0 Å². The van der Waals surface area contributed by atoms with E-state index in [0.717, 1.165) is 10.9 Å². The van der Waals surface area contributed by atoms with E-state index in [2.05, 4.69) is 28.2 Å². The molecule has 98 valence electrons. The van der Waals surface area contributed by atoms with E-state index in [1.54, 1.807) is 12.1 Å². The number of anilines is 1. The fourth-order valence-corrected chi connectivity index (χ4v) is 2.71. The van der Waals surface area contributed by atoms with E-state index in [1.165, 1.54) is 19.3 Å². The highest BCUT2D eigenvalue weighted by molar-refractivity contribution is 9.10. The van der Waals surface area contributed by atoms with Gasteiger partial charge in [-0.15, -0.1) is 0 Å². The van der Waals surface area contributed by atoms with E-state index in [9.17, 15) is 4.79 Å². The first-order chi connectivity index (χ1) is 8.58. The largest absolute Gasteiger partial charge is 0.398 e. The normalized spacial score (nSPS) is 23.7. The lowest BCUT2D eigenvalue weighted by Gasteiger charge is -2.29. The summed E-state index contributed by atoms with van der Waals surface area (Å²) in [4.78, 5) is 12.1. The molecular formula is C14H19BrN2O. The Morgan fingerprint density at radius 2 is 2.11 bits per heavy atom. The van der Waals surface area contributed by atoms with Gasteiger partial charge in [-0.1, -0.05) is 19.8 Å². The van der Waals surface area contributed by atoms with Crippen LogP contribution in [-0.2, 0) is 0 Å². The summed E-state index contributed by atoms with van der Waals surface area (Å²) in [6, 6.07) is 5.63. The number of nitrogens with one attached hydrogen (secondary N) is 1. The Hall–Kier alpha value is -1.03. The number of nitrogens with two attached hydrogens (primary N) is 1. The van der Waals surface area contributed by atoms with Crippen LogP contribution in [0.1, 0.15) is 43.0 Å². The minimum atomic E-state index is -0.0204. The third-order valence-corrected chi connectivity index (χ3v) is 4.41. The third kappa shape index (κ3) is 3.05. The Morgan fingerprint density at radius 3 is 2.78 bits per heavy atom. The molecule has 3 nitrogen and oxygen atoms in total. The molecule has 2 atom stereocenters. The van der Waals surface area contributed by atoms with Crippen molar-refractivity contribution in [3.63, 3.8) is 0 Å². The van der Waals surface area contributed by atoms with Crippen LogP contribution in [0.5, 0.6) is 0 Å². The van der Waals surface area contributed by atoms with Crippen molar-refractivity contribution < 1.29 is 4.79 Å². The van der Waals surface area contributed by atoms with E-state index in [1.807, 2.05) is 6.07 Å². The lowest BCUT2D eigenvalue weighted by Crippen LogP contribution is -2.41. The van der Waals surface area contributed by atoms with Gasteiger partial charge in [0.1, 0.15) is 0 Å². The number of hydrogen-bond donors (Lipinski definition) is 2. The molecule has 4 heteroatoms.